The van der Waals surface area contributed by atoms with Crippen molar-refractivity contribution >= 4 is 29.2 Å². The number of nitrogens with one attached hydrogen (secondary N) is 1. The minimum absolute atomic E-state index is 0.142. The van der Waals surface area contributed by atoms with Crippen molar-refractivity contribution in [3.63, 3.8) is 0 Å². The van der Waals surface area contributed by atoms with Crippen LogP contribution in [0.3, 0.4) is 0 Å². The van der Waals surface area contributed by atoms with Crippen LogP contribution in [-0.4, -0.2) is 53.7 Å². The predicted molar refractivity (Wildman–Crippen MR) is 131 cm³/mol. The second-order valence-corrected chi connectivity index (χ2v) is 8.54. The maximum atomic E-state index is 12.8. The van der Waals surface area contributed by atoms with Crippen LogP contribution in [-0.2, 0) is 0 Å². The number of hydrogen-bond donors (Lipinski definition) is 1. The number of aryl methyl sites for hydroxylation is 1. The van der Waals surface area contributed by atoms with Crippen molar-refractivity contribution in [2.45, 2.75) is 13.1 Å². The molecule has 0 aliphatic carbocycles. The number of anilines is 2. The molecule has 2 aliphatic rings. The number of hydrogen-bond acceptors (Lipinski definition) is 7. The molecular formula is C24H25ClN6O2. The molecule has 0 saturated carbocycles. The Morgan fingerprint density at radius 2 is 1.67 bits per heavy atom. The summed E-state index contributed by atoms with van der Waals surface area (Å²) in [6, 6.07) is 17.1. The zero-order chi connectivity index (χ0) is 22.9. The highest BCUT2D eigenvalue weighted by Gasteiger charge is 2.29. The predicted octanol–water partition coefficient (Wildman–Crippen LogP) is 3.36. The van der Waals surface area contributed by atoms with E-state index < -0.39 is 6.17 Å². The van der Waals surface area contributed by atoms with Gasteiger partial charge in [-0.2, -0.15) is 0 Å². The Bertz CT molecular complexity index is 1230. The summed E-state index contributed by atoms with van der Waals surface area (Å²) in [5, 5.41) is 3.94. The van der Waals surface area contributed by atoms with Gasteiger partial charge in [0.1, 0.15) is 5.75 Å². The van der Waals surface area contributed by atoms with Crippen molar-refractivity contribution in [1.82, 2.24) is 14.5 Å². The van der Waals surface area contributed by atoms with E-state index in [4.69, 9.17) is 21.3 Å². The zero-order valence-electron chi connectivity index (χ0n) is 18.5. The number of halogens is 1. The third kappa shape index (κ3) is 4.26. The van der Waals surface area contributed by atoms with Crippen molar-refractivity contribution < 1.29 is 4.74 Å². The Morgan fingerprint density at radius 1 is 1.00 bits per heavy atom. The zero-order valence-corrected chi connectivity index (χ0v) is 19.3. The van der Waals surface area contributed by atoms with Gasteiger partial charge < -0.3 is 14.5 Å². The Labute approximate surface area is 197 Å². The van der Waals surface area contributed by atoms with E-state index in [0.717, 1.165) is 43.5 Å². The van der Waals surface area contributed by atoms with Crippen LogP contribution in [0.15, 0.2) is 64.4 Å². The molecular weight excluding hydrogens is 440 g/mol. The van der Waals surface area contributed by atoms with Gasteiger partial charge in [-0.25, -0.2) is 9.98 Å². The van der Waals surface area contributed by atoms with Crippen molar-refractivity contribution in [2.75, 3.05) is 43.5 Å². The molecule has 3 aromatic rings. The minimum atomic E-state index is -0.506. The van der Waals surface area contributed by atoms with Crippen LogP contribution in [0.1, 0.15) is 17.4 Å². The second kappa shape index (κ2) is 8.78. The second-order valence-electron chi connectivity index (χ2n) is 8.10. The van der Waals surface area contributed by atoms with E-state index in [1.807, 2.05) is 43.3 Å². The van der Waals surface area contributed by atoms with E-state index in [1.165, 1.54) is 11.8 Å². The third-order valence-corrected chi connectivity index (χ3v) is 6.23. The summed E-state index contributed by atoms with van der Waals surface area (Å²) in [5.74, 6) is 2.08. The van der Waals surface area contributed by atoms with Crippen LogP contribution in [0.5, 0.6) is 5.75 Å². The van der Waals surface area contributed by atoms with Crippen LogP contribution in [0, 0.1) is 6.92 Å². The third-order valence-electron chi connectivity index (χ3n) is 5.98. The summed E-state index contributed by atoms with van der Waals surface area (Å²) in [6.07, 6.45) is -0.506. The molecule has 2 aromatic carbocycles. The molecule has 0 unspecified atom stereocenters. The van der Waals surface area contributed by atoms with Gasteiger partial charge in [0, 0.05) is 48.6 Å². The van der Waals surface area contributed by atoms with E-state index in [0.29, 0.717) is 16.7 Å². The average Bonchev–Trinajstić information content (AvgIpc) is 2.84. The Hall–Kier alpha value is -3.52. The highest BCUT2D eigenvalue weighted by Crippen LogP contribution is 2.28. The Morgan fingerprint density at radius 3 is 2.33 bits per heavy atom. The quantitative estimate of drug-likeness (QED) is 0.640. The van der Waals surface area contributed by atoms with Gasteiger partial charge in [0.05, 0.1) is 7.11 Å². The molecule has 3 heterocycles. The number of piperazine rings is 1. The topological polar surface area (TPSA) is 75.0 Å². The number of guanidine groups is 1. The molecule has 0 spiro atoms. The molecule has 1 saturated heterocycles. The van der Waals surface area contributed by atoms with E-state index in [9.17, 15) is 4.79 Å². The van der Waals surface area contributed by atoms with Crippen LogP contribution >= 0.6 is 11.6 Å². The van der Waals surface area contributed by atoms with Crippen LogP contribution in [0.2, 0.25) is 5.02 Å². The molecule has 2 aliphatic heterocycles. The van der Waals surface area contributed by atoms with E-state index in [-0.39, 0.29) is 5.56 Å². The van der Waals surface area contributed by atoms with Crippen LogP contribution < -0.4 is 20.5 Å². The number of methoxy groups -OCH3 is 1. The molecule has 0 amide bonds. The lowest BCUT2D eigenvalue weighted by molar-refractivity contribution is 0.376. The SMILES string of the molecule is COc1ccc(N2CCN(C3=N[C@@H](c4ccc(Cl)cc4)n4c(nc(C)cc4=O)N3)CC2)cc1. The average molecular weight is 465 g/mol. The van der Waals surface area contributed by atoms with Gasteiger partial charge >= 0.3 is 0 Å². The Kier molecular flexibility index (Phi) is 5.68. The molecule has 0 radical (unpaired) electrons. The van der Waals surface area contributed by atoms with E-state index in [1.54, 1.807) is 11.7 Å². The molecule has 5 rings (SSSR count). The molecule has 1 aromatic heterocycles. The number of benzene rings is 2. The minimum Gasteiger partial charge on any atom is -0.497 e. The standard InChI is InChI=1S/C24H25ClN6O2/c1-16-15-21(32)31-22(17-3-5-18(25)6-4-17)27-23(28-24(31)26-16)30-13-11-29(12-14-30)19-7-9-20(33-2)10-8-19/h3-10,15,22H,11-14H2,1-2H3,(H,26,27,28)/t22-/m1/s1. The summed E-state index contributed by atoms with van der Waals surface area (Å²) >= 11 is 6.09. The fourth-order valence-electron chi connectivity index (χ4n) is 4.22. The lowest BCUT2D eigenvalue weighted by Gasteiger charge is -2.39. The number of ether oxygens (including phenoxy) is 1. The van der Waals surface area contributed by atoms with Gasteiger partial charge in [-0.15, -0.1) is 0 Å². The fourth-order valence-corrected chi connectivity index (χ4v) is 4.35. The van der Waals surface area contributed by atoms with Gasteiger partial charge in [-0.05, 0) is 48.9 Å². The van der Waals surface area contributed by atoms with Gasteiger partial charge in [0.25, 0.3) is 5.56 Å². The van der Waals surface area contributed by atoms with Gasteiger partial charge in [0.15, 0.2) is 6.17 Å². The van der Waals surface area contributed by atoms with Crippen LogP contribution in [0.4, 0.5) is 11.6 Å². The largest absolute Gasteiger partial charge is 0.497 e. The van der Waals surface area contributed by atoms with Crippen LogP contribution in [0.25, 0.3) is 0 Å². The highest BCUT2D eigenvalue weighted by molar-refractivity contribution is 6.30. The van der Waals surface area contributed by atoms with Crippen molar-refractivity contribution in [1.29, 1.82) is 0 Å². The van der Waals surface area contributed by atoms with Crippen molar-refractivity contribution in [2.24, 2.45) is 4.99 Å². The van der Waals surface area contributed by atoms with E-state index in [2.05, 4.69) is 32.2 Å². The van der Waals surface area contributed by atoms with Gasteiger partial charge in [-0.3, -0.25) is 14.7 Å². The first-order valence-corrected chi connectivity index (χ1v) is 11.2. The molecule has 9 heteroatoms. The summed E-state index contributed by atoms with van der Waals surface area (Å²) in [4.78, 5) is 26.9. The number of aromatic nitrogens is 2. The summed E-state index contributed by atoms with van der Waals surface area (Å²) in [5.41, 5.74) is 2.57. The smallest absolute Gasteiger partial charge is 0.257 e. The number of aliphatic imine (C=N–C) groups is 1. The first-order valence-electron chi connectivity index (χ1n) is 10.9. The molecule has 8 nitrogen and oxygen atoms in total. The monoisotopic (exact) mass is 464 g/mol. The summed E-state index contributed by atoms with van der Waals surface area (Å²) in [7, 11) is 1.67. The first-order chi connectivity index (χ1) is 16.0. The number of rotatable bonds is 3. The summed E-state index contributed by atoms with van der Waals surface area (Å²) in [6.45, 7) is 5.11. The molecule has 1 atom stereocenters. The molecule has 170 valence electrons. The van der Waals surface area contributed by atoms with Crippen molar-refractivity contribution in [3.8, 4) is 5.75 Å². The van der Waals surface area contributed by atoms with E-state index >= 15 is 0 Å². The number of nitrogens with zero attached hydrogens (tertiary/aromatic N) is 5. The van der Waals surface area contributed by atoms with Gasteiger partial charge in [-0.1, -0.05) is 23.7 Å². The lowest BCUT2D eigenvalue weighted by Crippen LogP contribution is -2.52. The molecule has 1 N–H and O–H groups in total. The summed E-state index contributed by atoms with van der Waals surface area (Å²) < 4.78 is 6.85. The molecule has 0 bridgehead atoms. The normalized spacial score (nSPS) is 17.8. The Balaban J connectivity index is 1.41. The number of fused-ring (bicyclic) bond motifs is 1. The maximum absolute atomic E-state index is 12.8. The van der Waals surface area contributed by atoms with Crippen molar-refractivity contribution in [3.05, 3.63) is 81.2 Å². The fraction of sp³-hybridized carbons (Fsp3) is 0.292. The highest BCUT2D eigenvalue weighted by atomic mass is 35.5. The van der Waals surface area contributed by atoms with Gasteiger partial charge in [0.2, 0.25) is 11.9 Å². The first kappa shape index (κ1) is 21.3. The maximum Gasteiger partial charge on any atom is 0.257 e. The molecule has 33 heavy (non-hydrogen) atoms. The lowest BCUT2D eigenvalue weighted by atomic mass is 10.1. The molecule has 1 fully saturated rings.